The number of hydrogen-bond donors (Lipinski definition) is 1. The number of nitrogens with one attached hydrogen (secondary N) is 1. The minimum atomic E-state index is -0.515. The number of carbonyl (C=O) groups is 1. The average Bonchev–Trinajstić information content (AvgIpc) is 3.02. The van der Waals surface area contributed by atoms with Crippen LogP contribution in [-0.2, 0) is 4.74 Å². The molecule has 1 heterocycles. The second kappa shape index (κ2) is 7.40. The zero-order valence-corrected chi connectivity index (χ0v) is 15.7. The molecule has 3 rings (SSSR count). The number of benzene rings is 1. The van der Waals surface area contributed by atoms with Crippen LogP contribution in [0.2, 0.25) is 0 Å². The van der Waals surface area contributed by atoms with Gasteiger partial charge in [0.1, 0.15) is 5.60 Å². The number of allylic oxidation sites excluding steroid dienone is 2. The topological polar surface area (TPSA) is 51.2 Å². The Kier molecular flexibility index (Phi) is 5.23. The molecule has 1 amide bonds. The Morgan fingerprint density at radius 2 is 2.04 bits per heavy atom. The SMILES string of the molecule is CC(C)(C)OC(=O)Nc1nc(C2=CC(c3ccccc3)CCC2)cs1. The molecular formula is C20H24N2O2S. The Morgan fingerprint density at radius 3 is 2.76 bits per heavy atom. The minimum absolute atomic E-state index is 0.439. The Morgan fingerprint density at radius 1 is 1.28 bits per heavy atom. The van der Waals surface area contributed by atoms with Gasteiger partial charge < -0.3 is 4.74 Å². The Bertz CT molecular complexity index is 760. The highest BCUT2D eigenvalue weighted by Gasteiger charge is 2.20. The molecule has 0 saturated heterocycles. The minimum Gasteiger partial charge on any atom is -0.444 e. The van der Waals surface area contributed by atoms with Gasteiger partial charge in [0, 0.05) is 11.3 Å². The quantitative estimate of drug-likeness (QED) is 0.751. The number of nitrogens with zero attached hydrogens (tertiary/aromatic N) is 1. The Hall–Kier alpha value is -2.14. The van der Waals surface area contributed by atoms with E-state index in [2.05, 4.69) is 40.6 Å². The molecule has 0 radical (unpaired) electrons. The number of thiazole rings is 1. The van der Waals surface area contributed by atoms with E-state index in [4.69, 9.17) is 4.74 Å². The summed E-state index contributed by atoms with van der Waals surface area (Å²) in [6.07, 6.45) is 5.20. The summed E-state index contributed by atoms with van der Waals surface area (Å²) in [5, 5.41) is 5.30. The lowest BCUT2D eigenvalue weighted by Crippen LogP contribution is -2.27. The molecule has 0 fully saturated rings. The second-order valence-corrected chi connectivity index (χ2v) is 8.12. The molecule has 0 spiro atoms. The van der Waals surface area contributed by atoms with Gasteiger partial charge in [-0.3, -0.25) is 5.32 Å². The van der Waals surface area contributed by atoms with E-state index in [-0.39, 0.29) is 0 Å². The van der Waals surface area contributed by atoms with Gasteiger partial charge in [-0.1, -0.05) is 36.4 Å². The van der Waals surface area contributed by atoms with Crippen LogP contribution in [0, 0.1) is 0 Å². The van der Waals surface area contributed by atoms with Crippen molar-refractivity contribution in [1.29, 1.82) is 0 Å². The van der Waals surface area contributed by atoms with Crippen LogP contribution >= 0.6 is 11.3 Å². The molecule has 1 unspecified atom stereocenters. The summed E-state index contributed by atoms with van der Waals surface area (Å²) in [5.74, 6) is 0.439. The van der Waals surface area contributed by atoms with Gasteiger partial charge >= 0.3 is 6.09 Å². The van der Waals surface area contributed by atoms with Gasteiger partial charge in [-0.25, -0.2) is 9.78 Å². The molecule has 132 valence electrons. The lowest BCUT2D eigenvalue weighted by Gasteiger charge is -2.20. The second-order valence-electron chi connectivity index (χ2n) is 7.27. The summed E-state index contributed by atoms with van der Waals surface area (Å²) in [4.78, 5) is 16.4. The summed E-state index contributed by atoms with van der Waals surface area (Å²) in [6, 6.07) is 10.6. The van der Waals surface area contributed by atoms with Crippen molar-refractivity contribution in [3.63, 3.8) is 0 Å². The molecule has 0 saturated carbocycles. The maximum absolute atomic E-state index is 11.9. The maximum Gasteiger partial charge on any atom is 0.413 e. The normalized spacial score (nSPS) is 17.7. The Balaban J connectivity index is 1.71. The van der Waals surface area contributed by atoms with Crippen LogP contribution in [0.25, 0.3) is 5.57 Å². The van der Waals surface area contributed by atoms with Crippen molar-refractivity contribution in [2.24, 2.45) is 0 Å². The van der Waals surface area contributed by atoms with Crippen molar-refractivity contribution in [2.75, 3.05) is 5.32 Å². The van der Waals surface area contributed by atoms with Crippen LogP contribution < -0.4 is 5.32 Å². The zero-order chi connectivity index (χ0) is 17.9. The van der Waals surface area contributed by atoms with Gasteiger partial charge in [0.25, 0.3) is 0 Å². The van der Waals surface area contributed by atoms with Crippen LogP contribution in [0.5, 0.6) is 0 Å². The van der Waals surface area contributed by atoms with Crippen LogP contribution in [0.4, 0.5) is 9.93 Å². The van der Waals surface area contributed by atoms with Crippen molar-refractivity contribution in [2.45, 2.75) is 51.6 Å². The third kappa shape index (κ3) is 4.92. The lowest BCUT2D eigenvalue weighted by atomic mass is 9.85. The molecule has 1 aromatic carbocycles. The van der Waals surface area contributed by atoms with E-state index in [1.807, 2.05) is 32.2 Å². The number of anilines is 1. The fourth-order valence-electron chi connectivity index (χ4n) is 2.97. The molecular weight excluding hydrogens is 332 g/mol. The summed E-state index contributed by atoms with van der Waals surface area (Å²) in [6.45, 7) is 5.53. The van der Waals surface area contributed by atoms with Crippen molar-refractivity contribution in [3.8, 4) is 0 Å². The predicted molar refractivity (Wildman–Crippen MR) is 103 cm³/mol. The highest BCUT2D eigenvalue weighted by atomic mass is 32.1. The standard InChI is InChI=1S/C20H24N2O2S/c1-20(2,3)24-19(23)22-18-21-17(13-25-18)16-11-7-10-15(12-16)14-8-5-4-6-9-14/h4-6,8-9,12-13,15H,7,10-11H2,1-3H3,(H,21,22,23). The van der Waals surface area contributed by atoms with E-state index in [9.17, 15) is 4.79 Å². The van der Waals surface area contributed by atoms with Crippen molar-refractivity contribution in [3.05, 3.63) is 53.0 Å². The molecule has 1 aliphatic rings. The van der Waals surface area contributed by atoms with E-state index in [0.717, 1.165) is 18.5 Å². The molecule has 0 bridgehead atoms. The van der Waals surface area contributed by atoms with E-state index in [0.29, 0.717) is 11.0 Å². The van der Waals surface area contributed by atoms with Gasteiger partial charge in [-0.2, -0.15) is 0 Å². The molecule has 1 aromatic heterocycles. The van der Waals surface area contributed by atoms with Crippen LogP contribution in [0.3, 0.4) is 0 Å². The molecule has 1 aliphatic carbocycles. The van der Waals surface area contributed by atoms with Crippen LogP contribution in [0.1, 0.15) is 57.2 Å². The van der Waals surface area contributed by atoms with E-state index in [1.165, 1.54) is 28.9 Å². The van der Waals surface area contributed by atoms with Crippen molar-refractivity contribution in [1.82, 2.24) is 4.98 Å². The fraction of sp³-hybridized carbons (Fsp3) is 0.400. The molecule has 0 aliphatic heterocycles. The van der Waals surface area contributed by atoms with E-state index < -0.39 is 11.7 Å². The number of carbonyl (C=O) groups excluding carboxylic acids is 1. The van der Waals surface area contributed by atoms with E-state index in [1.54, 1.807) is 0 Å². The van der Waals surface area contributed by atoms with Crippen molar-refractivity contribution < 1.29 is 9.53 Å². The lowest BCUT2D eigenvalue weighted by molar-refractivity contribution is 0.0636. The molecule has 4 nitrogen and oxygen atoms in total. The van der Waals surface area contributed by atoms with Gasteiger partial charge in [-0.05, 0) is 51.2 Å². The number of ether oxygens (including phenoxy) is 1. The zero-order valence-electron chi connectivity index (χ0n) is 14.9. The first kappa shape index (κ1) is 17.7. The molecule has 25 heavy (non-hydrogen) atoms. The Labute approximate surface area is 152 Å². The molecule has 1 atom stereocenters. The molecule has 5 heteroatoms. The smallest absolute Gasteiger partial charge is 0.413 e. The first-order chi connectivity index (χ1) is 11.9. The molecule has 2 aromatic rings. The maximum atomic E-state index is 11.9. The highest BCUT2D eigenvalue weighted by molar-refractivity contribution is 7.14. The van der Waals surface area contributed by atoms with E-state index >= 15 is 0 Å². The number of aromatic nitrogens is 1. The van der Waals surface area contributed by atoms with Crippen LogP contribution in [-0.4, -0.2) is 16.7 Å². The monoisotopic (exact) mass is 356 g/mol. The summed E-state index contributed by atoms with van der Waals surface area (Å²) >= 11 is 1.43. The fourth-order valence-corrected chi connectivity index (χ4v) is 3.69. The number of amides is 1. The number of hydrogen-bond acceptors (Lipinski definition) is 4. The summed E-state index contributed by atoms with van der Waals surface area (Å²) < 4.78 is 5.27. The van der Waals surface area contributed by atoms with Crippen molar-refractivity contribution >= 4 is 28.1 Å². The predicted octanol–water partition coefficient (Wildman–Crippen LogP) is 5.84. The largest absolute Gasteiger partial charge is 0.444 e. The van der Waals surface area contributed by atoms with Gasteiger partial charge in [0.15, 0.2) is 5.13 Å². The summed E-state index contributed by atoms with van der Waals surface area (Å²) in [5.41, 5.74) is 3.05. The third-order valence-corrected chi connectivity index (χ3v) is 4.79. The third-order valence-electron chi connectivity index (χ3n) is 4.03. The average molecular weight is 356 g/mol. The first-order valence-corrected chi connectivity index (χ1v) is 9.50. The first-order valence-electron chi connectivity index (χ1n) is 8.62. The van der Waals surface area contributed by atoms with Gasteiger partial charge in [-0.15, -0.1) is 11.3 Å². The molecule has 1 N–H and O–H groups in total. The van der Waals surface area contributed by atoms with Gasteiger partial charge in [0.05, 0.1) is 5.69 Å². The van der Waals surface area contributed by atoms with Crippen LogP contribution in [0.15, 0.2) is 41.8 Å². The highest BCUT2D eigenvalue weighted by Crippen LogP contribution is 2.36. The summed E-state index contributed by atoms with van der Waals surface area (Å²) in [7, 11) is 0. The number of rotatable bonds is 3. The van der Waals surface area contributed by atoms with Gasteiger partial charge in [0.2, 0.25) is 0 Å².